The summed E-state index contributed by atoms with van der Waals surface area (Å²) >= 11 is 0. The topological polar surface area (TPSA) is 73.6 Å². The molecular formula is C15H18N2O3. The number of benzene rings is 1. The third kappa shape index (κ3) is 3.51. The zero-order chi connectivity index (χ0) is 15.1. The van der Waals surface area contributed by atoms with Crippen molar-refractivity contribution in [3.63, 3.8) is 0 Å². The van der Waals surface area contributed by atoms with E-state index in [2.05, 4.69) is 18.7 Å². The maximum absolute atomic E-state index is 10.9. The van der Waals surface area contributed by atoms with Crippen molar-refractivity contribution >= 4 is 17.7 Å². The molecule has 0 aliphatic heterocycles. The van der Waals surface area contributed by atoms with E-state index in [4.69, 9.17) is 15.1 Å². The van der Waals surface area contributed by atoms with Gasteiger partial charge in [0.25, 0.3) is 0 Å². The smallest absolute Gasteiger partial charge is 0.346 e. The van der Waals surface area contributed by atoms with Crippen LogP contribution >= 0.6 is 0 Å². The summed E-state index contributed by atoms with van der Waals surface area (Å²) in [5.41, 5.74) is 1.25. The molecule has 0 amide bonds. The van der Waals surface area contributed by atoms with Gasteiger partial charge in [0.15, 0.2) is 0 Å². The molecule has 0 saturated heterocycles. The molecule has 20 heavy (non-hydrogen) atoms. The molecule has 0 aliphatic carbocycles. The van der Waals surface area contributed by atoms with E-state index in [0.717, 1.165) is 18.8 Å². The highest BCUT2D eigenvalue weighted by molar-refractivity contribution is 5.97. The van der Waals surface area contributed by atoms with Crippen molar-refractivity contribution in [2.75, 3.05) is 25.1 Å². The van der Waals surface area contributed by atoms with Crippen molar-refractivity contribution in [3.8, 4) is 11.8 Å². The molecule has 106 valence electrons. The van der Waals surface area contributed by atoms with Crippen LogP contribution in [0.4, 0.5) is 5.69 Å². The fourth-order valence-corrected chi connectivity index (χ4v) is 1.90. The number of nitrogens with zero attached hydrogens (tertiary/aromatic N) is 2. The zero-order valence-corrected chi connectivity index (χ0v) is 11.9. The highest BCUT2D eigenvalue weighted by Crippen LogP contribution is 2.27. The number of anilines is 1. The standard InChI is InChI=1S/C15H18N2O3/c1-4-17(5-2)13-7-6-11(14(9-13)20-3)8-12(10-16)15(18)19/h6-9H,4-5H2,1-3H3,(H,18,19). The molecule has 1 aromatic carbocycles. The number of carboxylic acids is 1. The first-order valence-electron chi connectivity index (χ1n) is 6.35. The van der Waals surface area contributed by atoms with E-state index in [1.165, 1.54) is 13.2 Å². The van der Waals surface area contributed by atoms with Crippen molar-refractivity contribution in [1.29, 1.82) is 5.26 Å². The Morgan fingerprint density at radius 2 is 2.10 bits per heavy atom. The first-order chi connectivity index (χ1) is 9.57. The molecule has 1 N–H and O–H groups in total. The lowest BCUT2D eigenvalue weighted by Gasteiger charge is -2.22. The molecule has 0 saturated carbocycles. The minimum Gasteiger partial charge on any atom is -0.496 e. The molecular weight excluding hydrogens is 256 g/mol. The summed E-state index contributed by atoms with van der Waals surface area (Å²) < 4.78 is 5.28. The maximum Gasteiger partial charge on any atom is 0.346 e. The number of carboxylic acid groups (broad SMARTS) is 1. The average molecular weight is 274 g/mol. The predicted octanol–water partition coefficient (Wildman–Crippen LogP) is 2.53. The Morgan fingerprint density at radius 3 is 2.55 bits per heavy atom. The molecule has 0 bridgehead atoms. The highest BCUT2D eigenvalue weighted by Gasteiger charge is 2.10. The van der Waals surface area contributed by atoms with Crippen LogP contribution in [0.1, 0.15) is 19.4 Å². The van der Waals surface area contributed by atoms with E-state index in [1.807, 2.05) is 12.1 Å². The second-order valence-corrected chi connectivity index (χ2v) is 4.07. The maximum atomic E-state index is 10.9. The molecule has 0 fully saturated rings. The number of hydrogen-bond acceptors (Lipinski definition) is 4. The molecule has 0 aromatic heterocycles. The minimum absolute atomic E-state index is 0.320. The molecule has 1 aromatic rings. The van der Waals surface area contributed by atoms with Crippen LogP contribution in [-0.2, 0) is 4.79 Å². The van der Waals surface area contributed by atoms with E-state index in [-0.39, 0.29) is 5.57 Å². The van der Waals surface area contributed by atoms with Gasteiger partial charge < -0.3 is 14.7 Å². The van der Waals surface area contributed by atoms with Gasteiger partial charge in [-0.3, -0.25) is 0 Å². The van der Waals surface area contributed by atoms with Crippen LogP contribution in [0.15, 0.2) is 23.8 Å². The Hall–Kier alpha value is -2.48. The summed E-state index contributed by atoms with van der Waals surface area (Å²) in [6, 6.07) is 7.14. The number of carbonyl (C=O) groups is 1. The minimum atomic E-state index is -1.25. The Morgan fingerprint density at radius 1 is 1.45 bits per heavy atom. The molecule has 0 atom stereocenters. The zero-order valence-electron chi connectivity index (χ0n) is 11.9. The summed E-state index contributed by atoms with van der Waals surface area (Å²) in [4.78, 5) is 13.0. The lowest BCUT2D eigenvalue weighted by molar-refractivity contribution is -0.132. The van der Waals surface area contributed by atoms with Gasteiger partial charge in [-0.15, -0.1) is 0 Å². The predicted molar refractivity (Wildman–Crippen MR) is 77.8 cm³/mol. The lowest BCUT2D eigenvalue weighted by Crippen LogP contribution is -2.21. The second-order valence-electron chi connectivity index (χ2n) is 4.07. The Balaban J connectivity index is 3.24. The molecule has 5 heteroatoms. The van der Waals surface area contributed by atoms with Crippen LogP contribution in [0.5, 0.6) is 5.75 Å². The van der Waals surface area contributed by atoms with Crippen molar-refractivity contribution in [3.05, 3.63) is 29.3 Å². The van der Waals surface area contributed by atoms with Gasteiger partial charge in [-0.1, -0.05) is 0 Å². The number of hydrogen-bond donors (Lipinski definition) is 1. The van der Waals surface area contributed by atoms with Gasteiger partial charge in [0.2, 0.25) is 0 Å². The van der Waals surface area contributed by atoms with Crippen molar-refractivity contribution in [2.45, 2.75) is 13.8 Å². The number of methoxy groups -OCH3 is 1. The molecule has 5 nitrogen and oxygen atoms in total. The van der Waals surface area contributed by atoms with E-state index in [0.29, 0.717) is 11.3 Å². The summed E-state index contributed by atoms with van der Waals surface area (Å²) in [5.74, 6) is -0.703. The van der Waals surface area contributed by atoms with Crippen molar-refractivity contribution in [1.82, 2.24) is 0 Å². The number of nitriles is 1. The SMILES string of the molecule is CCN(CC)c1ccc(C=C(C#N)C(=O)O)c(OC)c1. The first kappa shape index (κ1) is 15.6. The van der Waals surface area contributed by atoms with Gasteiger partial charge in [0.05, 0.1) is 7.11 Å². The van der Waals surface area contributed by atoms with Gasteiger partial charge in [-0.25, -0.2) is 4.79 Å². The van der Waals surface area contributed by atoms with E-state index in [9.17, 15) is 4.79 Å². The molecule has 0 heterocycles. The molecule has 0 spiro atoms. The van der Waals surface area contributed by atoms with Gasteiger partial charge in [0, 0.05) is 30.4 Å². The Kier molecular flexibility index (Phi) is 5.60. The highest BCUT2D eigenvalue weighted by atomic mass is 16.5. The van der Waals surface area contributed by atoms with E-state index >= 15 is 0 Å². The van der Waals surface area contributed by atoms with Crippen LogP contribution in [0.3, 0.4) is 0 Å². The third-order valence-corrected chi connectivity index (χ3v) is 3.00. The summed E-state index contributed by atoms with van der Waals surface area (Å²) in [5, 5.41) is 17.7. The Labute approximate surface area is 118 Å². The normalized spacial score (nSPS) is 10.8. The van der Waals surface area contributed by atoms with Gasteiger partial charge in [0.1, 0.15) is 17.4 Å². The van der Waals surface area contributed by atoms with Crippen LogP contribution in [0.25, 0.3) is 6.08 Å². The van der Waals surface area contributed by atoms with Crippen LogP contribution in [-0.4, -0.2) is 31.3 Å². The molecule has 0 aliphatic rings. The van der Waals surface area contributed by atoms with E-state index < -0.39 is 5.97 Å². The lowest BCUT2D eigenvalue weighted by atomic mass is 10.1. The van der Waals surface area contributed by atoms with E-state index in [1.54, 1.807) is 12.1 Å². The summed E-state index contributed by atoms with van der Waals surface area (Å²) in [6.07, 6.45) is 1.31. The molecule has 0 radical (unpaired) electrons. The average Bonchev–Trinajstić information content (AvgIpc) is 2.46. The number of ether oxygens (including phenoxy) is 1. The fourth-order valence-electron chi connectivity index (χ4n) is 1.90. The number of rotatable bonds is 6. The first-order valence-corrected chi connectivity index (χ1v) is 6.35. The Bertz CT molecular complexity index is 555. The van der Waals surface area contributed by atoms with Crippen LogP contribution in [0, 0.1) is 11.3 Å². The molecule has 1 rings (SSSR count). The third-order valence-electron chi connectivity index (χ3n) is 3.00. The fraction of sp³-hybridized carbons (Fsp3) is 0.333. The number of aliphatic carboxylic acids is 1. The van der Waals surface area contributed by atoms with Crippen molar-refractivity contribution in [2.24, 2.45) is 0 Å². The molecule has 0 unspecified atom stereocenters. The second kappa shape index (κ2) is 7.19. The van der Waals surface area contributed by atoms with Crippen LogP contribution in [0.2, 0.25) is 0 Å². The monoisotopic (exact) mass is 274 g/mol. The largest absolute Gasteiger partial charge is 0.496 e. The quantitative estimate of drug-likeness (QED) is 0.637. The van der Waals surface area contributed by atoms with Crippen molar-refractivity contribution < 1.29 is 14.6 Å². The summed E-state index contributed by atoms with van der Waals surface area (Å²) in [6.45, 7) is 5.85. The van der Waals surface area contributed by atoms with Gasteiger partial charge in [-0.2, -0.15) is 5.26 Å². The summed E-state index contributed by atoms with van der Waals surface area (Å²) in [7, 11) is 1.52. The van der Waals surface area contributed by atoms with Gasteiger partial charge in [-0.05, 0) is 32.1 Å². The van der Waals surface area contributed by atoms with Crippen LogP contribution < -0.4 is 9.64 Å². The van der Waals surface area contributed by atoms with Gasteiger partial charge >= 0.3 is 5.97 Å².